The lowest BCUT2D eigenvalue weighted by Crippen LogP contribution is -2.12. The van der Waals surface area contributed by atoms with E-state index in [0.29, 0.717) is 5.92 Å². The molecule has 1 nitrogen and oxygen atoms in total. The van der Waals surface area contributed by atoms with Crippen LogP contribution in [0, 0.1) is 35.5 Å². The zero-order valence-electron chi connectivity index (χ0n) is 18.5. The summed E-state index contributed by atoms with van der Waals surface area (Å²) in [4.78, 5) is 0. The van der Waals surface area contributed by atoms with E-state index in [2.05, 4.69) is 37.5 Å². The van der Waals surface area contributed by atoms with E-state index < -0.39 is 0 Å². The summed E-state index contributed by atoms with van der Waals surface area (Å²) < 4.78 is 5.80. The second-order valence-corrected chi connectivity index (χ2v) is 8.18. The van der Waals surface area contributed by atoms with Crippen molar-refractivity contribution in [3.8, 4) is 29.4 Å². The zero-order chi connectivity index (χ0) is 20.6. The maximum absolute atomic E-state index is 5.80. The van der Waals surface area contributed by atoms with Crippen LogP contribution in [0.3, 0.4) is 0 Å². The molecule has 0 atom stereocenters. The SMILES string of the molecule is CCCCCCCOc1ccc(C#CC=CC#CC2CCC(CCC)CC2)cc1. The van der Waals surface area contributed by atoms with Crippen molar-refractivity contribution in [2.75, 3.05) is 6.61 Å². The van der Waals surface area contributed by atoms with Gasteiger partial charge in [0.1, 0.15) is 5.75 Å². The molecular weight excluding hydrogens is 352 g/mol. The Morgan fingerprint density at radius 2 is 1.59 bits per heavy atom. The molecule has 29 heavy (non-hydrogen) atoms. The number of rotatable bonds is 9. The lowest BCUT2D eigenvalue weighted by Gasteiger charge is -2.25. The van der Waals surface area contributed by atoms with Gasteiger partial charge in [-0.25, -0.2) is 0 Å². The third-order valence-corrected chi connectivity index (χ3v) is 5.67. The van der Waals surface area contributed by atoms with Gasteiger partial charge in [0.15, 0.2) is 0 Å². The summed E-state index contributed by atoms with van der Waals surface area (Å²) in [5.74, 6) is 15.3. The van der Waals surface area contributed by atoms with Crippen molar-refractivity contribution in [1.29, 1.82) is 0 Å². The Labute approximate surface area is 179 Å². The molecule has 1 aromatic rings. The Balaban J connectivity index is 1.66. The molecular formula is C28H38O. The fourth-order valence-electron chi connectivity index (χ4n) is 3.91. The summed E-state index contributed by atoms with van der Waals surface area (Å²) in [6.07, 6.45) is 18.0. The first kappa shape index (κ1) is 23.2. The molecule has 1 aliphatic rings. The second kappa shape index (κ2) is 14.8. The lowest BCUT2D eigenvalue weighted by molar-refractivity contribution is 0.300. The number of hydrogen-bond acceptors (Lipinski definition) is 1. The van der Waals surface area contributed by atoms with Crippen LogP contribution < -0.4 is 4.74 Å². The first-order valence-electron chi connectivity index (χ1n) is 11.7. The van der Waals surface area contributed by atoms with Gasteiger partial charge in [-0.05, 0) is 74.4 Å². The third-order valence-electron chi connectivity index (χ3n) is 5.67. The Morgan fingerprint density at radius 1 is 0.862 bits per heavy atom. The fraction of sp³-hybridized carbons (Fsp3) is 0.571. The third kappa shape index (κ3) is 10.3. The number of ether oxygens (including phenoxy) is 1. The minimum absolute atomic E-state index is 0.583. The minimum atomic E-state index is 0.583. The van der Waals surface area contributed by atoms with Gasteiger partial charge in [0.2, 0.25) is 0 Å². The molecule has 1 aromatic carbocycles. The highest BCUT2D eigenvalue weighted by Crippen LogP contribution is 2.30. The quantitative estimate of drug-likeness (QED) is 0.312. The van der Waals surface area contributed by atoms with Crippen LogP contribution in [0.25, 0.3) is 0 Å². The van der Waals surface area contributed by atoms with Gasteiger partial charge in [-0.1, -0.05) is 76.1 Å². The van der Waals surface area contributed by atoms with Crippen LogP contribution in [0.5, 0.6) is 5.75 Å². The largest absolute Gasteiger partial charge is 0.494 e. The van der Waals surface area contributed by atoms with Crippen LogP contribution in [0.4, 0.5) is 0 Å². The highest BCUT2D eigenvalue weighted by atomic mass is 16.5. The first-order chi connectivity index (χ1) is 14.3. The van der Waals surface area contributed by atoms with Crippen LogP contribution in [-0.2, 0) is 0 Å². The van der Waals surface area contributed by atoms with Gasteiger partial charge in [0, 0.05) is 11.5 Å². The highest BCUT2D eigenvalue weighted by Gasteiger charge is 2.18. The Bertz CT molecular complexity index is 697. The molecule has 0 radical (unpaired) electrons. The van der Waals surface area contributed by atoms with E-state index in [4.69, 9.17) is 4.74 Å². The number of hydrogen-bond donors (Lipinski definition) is 0. The predicted octanol–water partition coefficient (Wildman–Crippen LogP) is 7.55. The molecule has 1 fully saturated rings. The van der Waals surface area contributed by atoms with Crippen LogP contribution in [-0.4, -0.2) is 6.61 Å². The van der Waals surface area contributed by atoms with Gasteiger partial charge in [0.25, 0.3) is 0 Å². The molecule has 1 aliphatic carbocycles. The van der Waals surface area contributed by atoms with E-state index in [-0.39, 0.29) is 0 Å². The average Bonchev–Trinajstić information content (AvgIpc) is 2.75. The predicted molar refractivity (Wildman–Crippen MR) is 125 cm³/mol. The minimum Gasteiger partial charge on any atom is -0.494 e. The molecule has 1 saturated carbocycles. The van der Waals surface area contributed by atoms with Crippen LogP contribution >= 0.6 is 0 Å². The van der Waals surface area contributed by atoms with E-state index >= 15 is 0 Å². The lowest BCUT2D eigenvalue weighted by atomic mass is 9.80. The molecule has 0 N–H and O–H groups in total. The van der Waals surface area contributed by atoms with Gasteiger partial charge in [-0.3, -0.25) is 0 Å². The van der Waals surface area contributed by atoms with Crippen molar-refractivity contribution < 1.29 is 4.74 Å². The van der Waals surface area contributed by atoms with Gasteiger partial charge < -0.3 is 4.74 Å². The average molecular weight is 391 g/mol. The van der Waals surface area contributed by atoms with E-state index in [1.54, 1.807) is 0 Å². The van der Waals surface area contributed by atoms with Crippen molar-refractivity contribution in [1.82, 2.24) is 0 Å². The van der Waals surface area contributed by atoms with Gasteiger partial charge in [-0.2, -0.15) is 0 Å². The second-order valence-electron chi connectivity index (χ2n) is 8.18. The molecule has 0 saturated heterocycles. The van der Waals surface area contributed by atoms with E-state index in [9.17, 15) is 0 Å². The molecule has 0 amide bonds. The van der Waals surface area contributed by atoms with Crippen molar-refractivity contribution in [2.24, 2.45) is 11.8 Å². The molecule has 156 valence electrons. The summed E-state index contributed by atoms with van der Waals surface area (Å²) in [5, 5.41) is 0. The molecule has 0 spiro atoms. The molecule has 2 rings (SSSR count). The van der Waals surface area contributed by atoms with Crippen LogP contribution in [0.2, 0.25) is 0 Å². The van der Waals surface area contributed by atoms with Crippen molar-refractivity contribution in [3.63, 3.8) is 0 Å². The zero-order valence-corrected chi connectivity index (χ0v) is 18.5. The molecule has 1 heteroatoms. The normalized spacial score (nSPS) is 18.6. The van der Waals surface area contributed by atoms with Crippen molar-refractivity contribution in [2.45, 2.75) is 84.5 Å². The molecule has 0 heterocycles. The topological polar surface area (TPSA) is 9.23 Å². The van der Waals surface area contributed by atoms with E-state index in [1.807, 2.05) is 36.4 Å². The Morgan fingerprint density at radius 3 is 2.31 bits per heavy atom. The smallest absolute Gasteiger partial charge is 0.119 e. The number of unbranched alkanes of at least 4 members (excludes halogenated alkanes) is 4. The van der Waals surface area contributed by atoms with Crippen LogP contribution in [0.1, 0.15) is 90.0 Å². The summed E-state index contributed by atoms with van der Waals surface area (Å²) in [7, 11) is 0. The van der Waals surface area contributed by atoms with Gasteiger partial charge in [0.05, 0.1) is 6.61 Å². The number of allylic oxidation sites excluding steroid dienone is 2. The monoisotopic (exact) mass is 390 g/mol. The fourth-order valence-corrected chi connectivity index (χ4v) is 3.91. The van der Waals surface area contributed by atoms with Gasteiger partial charge >= 0.3 is 0 Å². The highest BCUT2D eigenvalue weighted by molar-refractivity contribution is 5.40. The van der Waals surface area contributed by atoms with E-state index in [0.717, 1.165) is 30.3 Å². The summed E-state index contributed by atoms with van der Waals surface area (Å²) in [6.45, 7) is 5.33. The first-order valence-corrected chi connectivity index (χ1v) is 11.7. The maximum Gasteiger partial charge on any atom is 0.119 e. The molecule has 0 aliphatic heterocycles. The maximum atomic E-state index is 5.80. The van der Waals surface area contributed by atoms with E-state index in [1.165, 1.54) is 64.2 Å². The summed E-state index contributed by atoms with van der Waals surface area (Å²) in [6, 6.07) is 8.06. The molecule has 0 bridgehead atoms. The molecule has 0 unspecified atom stereocenters. The van der Waals surface area contributed by atoms with Crippen molar-refractivity contribution >= 4 is 0 Å². The summed E-state index contributed by atoms with van der Waals surface area (Å²) in [5.41, 5.74) is 1.01. The number of benzene rings is 1. The van der Waals surface area contributed by atoms with Gasteiger partial charge in [-0.15, -0.1) is 0 Å². The Kier molecular flexibility index (Phi) is 11.8. The molecule has 0 aromatic heterocycles. The van der Waals surface area contributed by atoms with Crippen molar-refractivity contribution in [3.05, 3.63) is 42.0 Å². The standard InChI is InChI=1S/C28H38O/c1-3-5-6-9-12-24-29-28-22-20-27(21-23-28)15-11-8-7-10-14-26-18-16-25(13-4-2)17-19-26/h7-8,20-23,25-26H,3-6,9,12-13,16-19,24H2,1-2H3. The Hall–Kier alpha value is -2.12. The summed E-state index contributed by atoms with van der Waals surface area (Å²) >= 11 is 0. The van der Waals surface area contributed by atoms with Crippen LogP contribution in [0.15, 0.2) is 36.4 Å².